The summed E-state index contributed by atoms with van der Waals surface area (Å²) in [4.78, 5) is 24.2. The number of aliphatic carboxylic acids is 1. The molecule has 0 spiro atoms. The monoisotopic (exact) mass is 383 g/mol. The number of carbonyl (C=O) groups excluding carboxylic acids is 1. The molecule has 1 fully saturated rings. The van der Waals surface area contributed by atoms with Crippen LogP contribution in [0, 0.1) is 6.92 Å². The fourth-order valence-electron chi connectivity index (χ4n) is 2.78. The Hall–Kier alpha value is -2.13. The van der Waals surface area contributed by atoms with Crippen molar-refractivity contribution in [3.05, 3.63) is 23.8 Å². The van der Waals surface area contributed by atoms with Crippen molar-refractivity contribution in [2.24, 2.45) is 0 Å². The van der Waals surface area contributed by atoms with Gasteiger partial charge in [0, 0.05) is 32.4 Å². The Kier molecular flexibility index (Phi) is 6.60. The van der Waals surface area contributed by atoms with Crippen LogP contribution in [0.5, 0.6) is 0 Å². The van der Waals surface area contributed by atoms with E-state index in [4.69, 9.17) is 5.11 Å². The van der Waals surface area contributed by atoms with E-state index in [-0.39, 0.29) is 17.9 Å². The molecule has 1 aromatic rings. The second-order valence-electron chi connectivity index (χ2n) is 6.44. The van der Waals surface area contributed by atoms with Crippen molar-refractivity contribution in [2.75, 3.05) is 32.0 Å². The zero-order valence-corrected chi connectivity index (χ0v) is 15.9. The van der Waals surface area contributed by atoms with Crippen LogP contribution in [0.3, 0.4) is 0 Å². The molecule has 1 saturated heterocycles. The Balaban J connectivity index is 2.16. The molecule has 0 radical (unpaired) electrons. The zero-order chi connectivity index (χ0) is 19.3. The van der Waals surface area contributed by atoms with E-state index in [0.29, 0.717) is 24.3 Å². The van der Waals surface area contributed by atoms with Gasteiger partial charge in [-0.25, -0.2) is 13.2 Å². The average Bonchev–Trinajstić information content (AvgIpc) is 2.61. The topological polar surface area (TPSA) is 107 Å². The Morgan fingerprint density at radius 2 is 1.88 bits per heavy atom. The van der Waals surface area contributed by atoms with E-state index in [1.165, 1.54) is 22.3 Å². The predicted molar refractivity (Wildman–Crippen MR) is 97.7 cm³/mol. The van der Waals surface area contributed by atoms with Crippen LogP contribution in [-0.4, -0.2) is 61.4 Å². The summed E-state index contributed by atoms with van der Waals surface area (Å²) in [7, 11) is -2.12. The van der Waals surface area contributed by atoms with Gasteiger partial charge in [-0.15, -0.1) is 0 Å². The second kappa shape index (κ2) is 8.50. The summed E-state index contributed by atoms with van der Waals surface area (Å²) >= 11 is 0. The van der Waals surface area contributed by atoms with Crippen LogP contribution in [0.4, 0.5) is 10.5 Å². The number of carbonyl (C=O) groups is 2. The van der Waals surface area contributed by atoms with Crippen LogP contribution >= 0.6 is 0 Å². The molecule has 2 amide bonds. The van der Waals surface area contributed by atoms with Crippen LogP contribution in [0.25, 0.3) is 0 Å². The maximum atomic E-state index is 12.9. The van der Waals surface area contributed by atoms with E-state index in [1.807, 2.05) is 0 Å². The molecule has 9 heteroatoms. The van der Waals surface area contributed by atoms with Gasteiger partial charge in [-0.2, -0.15) is 4.31 Å². The number of nitrogens with one attached hydrogen (secondary N) is 1. The SMILES string of the molecule is Cc1ccc(NC(=O)N(C)CCC(=O)O)cc1S(=O)(=O)N1CCCCC1. The first-order chi connectivity index (χ1) is 12.2. The predicted octanol–water partition coefficient (Wildman–Crippen LogP) is 2.11. The van der Waals surface area contributed by atoms with Gasteiger partial charge in [0.15, 0.2) is 0 Å². The number of benzene rings is 1. The second-order valence-corrected chi connectivity index (χ2v) is 8.35. The van der Waals surface area contributed by atoms with Gasteiger partial charge in [-0.3, -0.25) is 4.79 Å². The summed E-state index contributed by atoms with van der Waals surface area (Å²) in [6.07, 6.45) is 2.57. The molecule has 26 heavy (non-hydrogen) atoms. The van der Waals surface area contributed by atoms with Gasteiger partial charge < -0.3 is 15.3 Å². The van der Waals surface area contributed by atoms with E-state index >= 15 is 0 Å². The third-order valence-corrected chi connectivity index (χ3v) is 6.42. The summed E-state index contributed by atoms with van der Waals surface area (Å²) in [6.45, 7) is 2.81. The smallest absolute Gasteiger partial charge is 0.321 e. The number of sulfonamides is 1. The number of carboxylic acid groups (broad SMARTS) is 1. The van der Waals surface area contributed by atoms with E-state index in [2.05, 4.69) is 5.32 Å². The number of hydrogen-bond acceptors (Lipinski definition) is 4. The molecule has 2 N–H and O–H groups in total. The Labute approximate surface area is 153 Å². The maximum absolute atomic E-state index is 12.9. The lowest BCUT2D eigenvalue weighted by atomic mass is 10.2. The first kappa shape index (κ1) is 20.2. The molecule has 0 aromatic heterocycles. The van der Waals surface area contributed by atoms with Crippen molar-refractivity contribution >= 4 is 27.7 Å². The van der Waals surface area contributed by atoms with Crippen molar-refractivity contribution in [1.29, 1.82) is 0 Å². The molecule has 1 aromatic carbocycles. The zero-order valence-electron chi connectivity index (χ0n) is 15.1. The minimum Gasteiger partial charge on any atom is -0.481 e. The van der Waals surface area contributed by atoms with Gasteiger partial charge in [-0.1, -0.05) is 12.5 Å². The van der Waals surface area contributed by atoms with Gasteiger partial charge in [0.25, 0.3) is 0 Å². The number of hydrogen-bond donors (Lipinski definition) is 2. The molecule has 0 unspecified atom stereocenters. The van der Waals surface area contributed by atoms with Gasteiger partial charge in [0.2, 0.25) is 10.0 Å². The van der Waals surface area contributed by atoms with E-state index < -0.39 is 22.0 Å². The standard InChI is InChI=1S/C17H25N3O5S/c1-13-6-7-14(18-17(23)19(2)11-8-16(21)22)12-15(13)26(24,25)20-9-4-3-5-10-20/h6-7,12H,3-5,8-11H2,1-2H3,(H,18,23)(H,21,22). The number of anilines is 1. The quantitative estimate of drug-likeness (QED) is 0.782. The molecule has 1 heterocycles. The third kappa shape index (κ3) is 4.95. The van der Waals surface area contributed by atoms with Crippen molar-refractivity contribution in [3.63, 3.8) is 0 Å². The van der Waals surface area contributed by atoms with Gasteiger partial charge in [0.05, 0.1) is 11.3 Å². The van der Waals surface area contributed by atoms with Gasteiger partial charge in [0.1, 0.15) is 0 Å². The maximum Gasteiger partial charge on any atom is 0.321 e. The molecule has 0 saturated carbocycles. The fourth-order valence-corrected chi connectivity index (χ4v) is 4.55. The van der Waals surface area contributed by atoms with Crippen LogP contribution in [0.2, 0.25) is 0 Å². The van der Waals surface area contributed by atoms with Gasteiger partial charge >= 0.3 is 12.0 Å². The Bertz CT molecular complexity index is 773. The van der Waals surface area contributed by atoms with E-state index in [0.717, 1.165) is 19.3 Å². The first-order valence-corrected chi connectivity index (χ1v) is 10.0. The lowest BCUT2D eigenvalue weighted by Gasteiger charge is -2.27. The Morgan fingerprint density at radius 3 is 2.50 bits per heavy atom. The van der Waals surface area contributed by atoms with Crippen molar-refractivity contribution < 1.29 is 23.1 Å². The molecular formula is C17H25N3O5S. The average molecular weight is 383 g/mol. The summed E-state index contributed by atoms with van der Waals surface area (Å²) in [6, 6.07) is 4.26. The molecule has 0 atom stereocenters. The summed E-state index contributed by atoms with van der Waals surface area (Å²) < 4.78 is 27.3. The molecular weight excluding hydrogens is 358 g/mol. The molecule has 2 rings (SSSR count). The molecule has 1 aliphatic heterocycles. The largest absolute Gasteiger partial charge is 0.481 e. The summed E-state index contributed by atoms with van der Waals surface area (Å²) in [5.41, 5.74) is 0.978. The lowest BCUT2D eigenvalue weighted by Crippen LogP contribution is -2.36. The number of rotatable bonds is 6. The minimum atomic E-state index is -3.60. The molecule has 144 valence electrons. The van der Waals surface area contributed by atoms with Crippen LogP contribution in [0.1, 0.15) is 31.2 Å². The Morgan fingerprint density at radius 1 is 1.23 bits per heavy atom. The highest BCUT2D eigenvalue weighted by molar-refractivity contribution is 7.89. The van der Waals surface area contributed by atoms with E-state index in [1.54, 1.807) is 19.1 Å². The number of urea groups is 1. The van der Waals surface area contributed by atoms with Crippen molar-refractivity contribution in [2.45, 2.75) is 37.5 Å². The number of nitrogens with zero attached hydrogens (tertiary/aromatic N) is 2. The highest BCUT2D eigenvalue weighted by Gasteiger charge is 2.27. The van der Waals surface area contributed by atoms with Crippen LogP contribution in [-0.2, 0) is 14.8 Å². The molecule has 1 aliphatic rings. The van der Waals surface area contributed by atoms with Crippen molar-refractivity contribution in [3.8, 4) is 0 Å². The molecule has 0 bridgehead atoms. The number of amides is 2. The first-order valence-electron chi connectivity index (χ1n) is 8.56. The lowest BCUT2D eigenvalue weighted by molar-refractivity contribution is -0.137. The van der Waals surface area contributed by atoms with Gasteiger partial charge in [-0.05, 0) is 37.5 Å². The summed E-state index contributed by atoms with van der Waals surface area (Å²) in [5.74, 6) is -0.991. The van der Waals surface area contributed by atoms with Crippen LogP contribution < -0.4 is 5.32 Å². The number of carboxylic acids is 1. The van der Waals surface area contributed by atoms with Crippen LogP contribution in [0.15, 0.2) is 23.1 Å². The van der Waals surface area contributed by atoms with E-state index in [9.17, 15) is 18.0 Å². The molecule has 8 nitrogen and oxygen atoms in total. The number of piperidine rings is 1. The normalized spacial score (nSPS) is 15.5. The van der Waals surface area contributed by atoms with Crippen molar-refractivity contribution in [1.82, 2.24) is 9.21 Å². The third-order valence-electron chi connectivity index (χ3n) is 4.38. The highest BCUT2D eigenvalue weighted by Crippen LogP contribution is 2.26. The highest BCUT2D eigenvalue weighted by atomic mass is 32.2. The molecule has 0 aliphatic carbocycles. The fraction of sp³-hybridized carbons (Fsp3) is 0.529. The number of aryl methyl sites for hydroxylation is 1. The minimum absolute atomic E-state index is 0.0615. The summed E-state index contributed by atoms with van der Waals surface area (Å²) in [5, 5.41) is 11.3.